The van der Waals surface area contributed by atoms with Crippen LogP contribution in [-0.4, -0.2) is 60.4 Å². The number of carbonyl (C=O) groups is 2. The fourth-order valence-corrected chi connectivity index (χ4v) is 3.50. The van der Waals surface area contributed by atoms with Crippen molar-refractivity contribution < 1.29 is 23.8 Å². The van der Waals surface area contributed by atoms with E-state index >= 15 is 0 Å². The number of rotatable bonds is 9. The van der Waals surface area contributed by atoms with E-state index in [0.29, 0.717) is 36.6 Å². The molecule has 1 atom stereocenters. The number of carbonyl (C=O) groups excluding carboxylic acids is 2. The van der Waals surface area contributed by atoms with Crippen molar-refractivity contribution in [3.05, 3.63) is 59.6 Å². The second kappa shape index (κ2) is 9.63. The van der Waals surface area contributed by atoms with Crippen LogP contribution in [0.1, 0.15) is 37.1 Å². The maximum atomic E-state index is 12.9. The standard InChI is InChI=1S/C23H28N2O5/c1-4-14-29-17-10-8-16(9-11-17)21(26)19-20(18-7-5-15-30-18)25(23(28)22(19)27)13-6-12-24(2)3/h5,7-11,15,20,26H,4,6,12-14H2,1-3H3/b21-19-. The van der Waals surface area contributed by atoms with Gasteiger partial charge in [-0.15, -0.1) is 0 Å². The van der Waals surface area contributed by atoms with Crippen molar-refractivity contribution in [3.63, 3.8) is 0 Å². The van der Waals surface area contributed by atoms with Crippen LogP contribution in [0.2, 0.25) is 0 Å². The molecule has 1 aliphatic heterocycles. The van der Waals surface area contributed by atoms with Gasteiger partial charge in [0.15, 0.2) is 0 Å². The van der Waals surface area contributed by atoms with Crippen LogP contribution in [0.4, 0.5) is 0 Å². The average Bonchev–Trinajstić information content (AvgIpc) is 3.34. The van der Waals surface area contributed by atoms with Crippen LogP contribution in [0.5, 0.6) is 5.75 Å². The number of ether oxygens (including phenoxy) is 1. The number of amides is 1. The minimum Gasteiger partial charge on any atom is -0.507 e. The van der Waals surface area contributed by atoms with E-state index in [2.05, 4.69) is 0 Å². The summed E-state index contributed by atoms with van der Waals surface area (Å²) in [4.78, 5) is 29.1. The SMILES string of the molecule is CCCOc1ccc(/C(O)=C2/C(=O)C(=O)N(CCCN(C)C)C2c2ccco2)cc1. The molecule has 7 nitrogen and oxygen atoms in total. The summed E-state index contributed by atoms with van der Waals surface area (Å²) in [5.74, 6) is -0.416. The number of benzene rings is 1. The van der Waals surface area contributed by atoms with Crippen molar-refractivity contribution in [1.29, 1.82) is 0 Å². The highest BCUT2D eigenvalue weighted by Gasteiger charge is 2.47. The van der Waals surface area contributed by atoms with E-state index < -0.39 is 17.7 Å². The predicted octanol–water partition coefficient (Wildman–Crippen LogP) is 3.44. The molecule has 2 aromatic rings. The number of ketones is 1. The number of aliphatic hydroxyl groups is 1. The number of hydrogen-bond donors (Lipinski definition) is 1. The normalized spacial score (nSPS) is 18.4. The van der Waals surface area contributed by atoms with Crippen molar-refractivity contribution in [2.75, 3.05) is 33.8 Å². The van der Waals surface area contributed by atoms with Crippen molar-refractivity contribution in [2.45, 2.75) is 25.8 Å². The van der Waals surface area contributed by atoms with Crippen molar-refractivity contribution in [1.82, 2.24) is 9.80 Å². The molecule has 3 rings (SSSR count). The summed E-state index contributed by atoms with van der Waals surface area (Å²) in [5, 5.41) is 11.0. The first-order valence-corrected chi connectivity index (χ1v) is 10.1. The summed E-state index contributed by atoms with van der Waals surface area (Å²) in [5.41, 5.74) is 0.490. The maximum absolute atomic E-state index is 12.9. The summed E-state index contributed by atoms with van der Waals surface area (Å²) in [6.45, 7) is 3.77. The second-order valence-electron chi connectivity index (χ2n) is 7.54. The smallest absolute Gasteiger partial charge is 0.295 e. The van der Waals surface area contributed by atoms with Gasteiger partial charge < -0.3 is 24.1 Å². The summed E-state index contributed by atoms with van der Waals surface area (Å²) < 4.78 is 11.1. The van der Waals surface area contributed by atoms with E-state index in [1.165, 1.54) is 11.2 Å². The van der Waals surface area contributed by atoms with E-state index in [1.807, 2.05) is 25.9 Å². The Labute approximate surface area is 176 Å². The molecular formula is C23H28N2O5. The molecule has 1 saturated heterocycles. The minimum absolute atomic E-state index is 0.0435. The molecule has 30 heavy (non-hydrogen) atoms. The van der Waals surface area contributed by atoms with E-state index in [4.69, 9.17) is 9.15 Å². The number of Topliss-reactive ketones (excluding diaryl/α,β-unsaturated/α-hetero) is 1. The molecule has 1 aromatic carbocycles. The molecular weight excluding hydrogens is 384 g/mol. The molecule has 1 unspecified atom stereocenters. The quantitative estimate of drug-likeness (QED) is 0.386. The molecule has 1 N–H and O–H groups in total. The lowest BCUT2D eigenvalue weighted by atomic mass is 9.99. The molecule has 1 aromatic heterocycles. The number of aliphatic hydroxyl groups excluding tert-OH is 1. The van der Waals surface area contributed by atoms with Crippen LogP contribution in [0.15, 0.2) is 52.7 Å². The monoisotopic (exact) mass is 412 g/mol. The second-order valence-corrected chi connectivity index (χ2v) is 7.54. The lowest BCUT2D eigenvalue weighted by Gasteiger charge is -2.24. The van der Waals surface area contributed by atoms with Gasteiger partial charge in [-0.25, -0.2) is 0 Å². The Morgan fingerprint density at radius 1 is 1.20 bits per heavy atom. The molecule has 1 amide bonds. The zero-order valence-electron chi connectivity index (χ0n) is 17.6. The Morgan fingerprint density at radius 3 is 2.53 bits per heavy atom. The largest absolute Gasteiger partial charge is 0.507 e. The van der Waals surface area contributed by atoms with Crippen LogP contribution in [0, 0.1) is 0 Å². The molecule has 0 bridgehead atoms. The highest BCUT2D eigenvalue weighted by molar-refractivity contribution is 6.46. The fourth-order valence-electron chi connectivity index (χ4n) is 3.50. The molecule has 2 heterocycles. The Hall–Kier alpha value is -3.06. The molecule has 0 spiro atoms. The van der Waals surface area contributed by atoms with Gasteiger partial charge in [0.05, 0.1) is 18.4 Å². The van der Waals surface area contributed by atoms with E-state index in [0.717, 1.165) is 13.0 Å². The first-order chi connectivity index (χ1) is 14.4. The van der Waals surface area contributed by atoms with Crippen LogP contribution in [0.25, 0.3) is 5.76 Å². The van der Waals surface area contributed by atoms with Crippen LogP contribution in [-0.2, 0) is 9.59 Å². The summed E-state index contributed by atoms with van der Waals surface area (Å²) in [6, 6.07) is 9.50. The molecule has 0 radical (unpaired) electrons. The molecule has 0 aliphatic carbocycles. The molecule has 1 fully saturated rings. The van der Waals surface area contributed by atoms with E-state index in [1.54, 1.807) is 36.4 Å². The Morgan fingerprint density at radius 2 is 1.93 bits per heavy atom. The third kappa shape index (κ3) is 4.57. The van der Waals surface area contributed by atoms with Crippen molar-refractivity contribution in [3.8, 4) is 5.75 Å². The Balaban J connectivity index is 1.95. The van der Waals surface area contributed by atoms with Crippen molar-refractivity contribution >= 4 is 17.4 Å². The Bertz CT molecular complexity index is 900. The van der Waals surface area contributed by atoms with Gasteiger partial charge in [0.25, 0.3) is 11.7 Å². The van der Waals surface area contributed by atoms with Crippen LogP contribution < -0.4 is 4.74 Å². The fraction of sp³-hybridized carbons (Fsp3) is 0.391. The van der Waals surface area contributed by atoms with Gasteiger partial charge in [0, 0.05) is 12.1 Å². The third-order valence-electron chi connectivity index (χ3n) is 4.96. The number of hydrogen-bond acceptors (Lipinski definition) is 6. The van der Waals surface area contributed by atoms with Crippen LogP contribution >= 0.6 is 0 Å². The van der Waals surface area contributed by atoms with Gasteiger partial charge in [-0.1, -0.05) is 6.92 Å². The highest BCUT2D eigenvalue weighted by atomic mass is 16.5. The number of furan rings is 1. The predicted molar refractivity (Wildman–Crippen MR) is 113 cm³/mol. The lowest BCUT2D eigenvalue weighted by Crippen LogP contribution is -2.32. The first-order valence-electron chi connectivity index (χ1n) is 10.1. The van der Waals surface area contributed by atoms with Gasteiger partial charge in [-0.05, 0) is 69.9 Å². The molecule has 1 aliphatic rings. The van der Waals surface area contributed by atoms with Gasteiger partial charge in [-0.2, -0.15) is 0 Å². The third-order valence-corrected chi connectivity index (χ3v) is 4.96. The average molecular weight is 412 g/mol. The maximum Gasteiger partial charge on any atom is 0.295 e. The molecule has 0 saturated carbocycles. The van der Waals surface area contributed by atoms with Gasteiger partial charge in [-0.3, -0.25) is 9.59 Å². The van der Waals surface area contributed by atoms with E-state index in [-0.39, 0.29) is 11.3 Å². The lowest BCUT2D eigenvalue weighted by molar-refractivity contribution is -0.140. The Kier molecular flexibility index (Phi) is 6.95. The van der Waals surface area contributed by atoms with Gasteiger partial charge >= 0.3 is 0 Å². The molecule has 7 heteroatoms. The zero-order chi connectivity index (χ0) is 21.7. The summed E-state index contributed by atoms with van der Waals surface area (Å²) >= 11 is 0. The zero-order valence-corrected chi connectivity index (χ0v) is 17.6. The number of nitrogens with zero attached hydrogens (tertiary/aromatic N) is 2. The summed E-state index contributed by atoms with van der Waals surface area (Å²) in [6.07, 6.45) is 3.08. The van der Waals surface area contributed by atoms with Gasteiger partial charge in [0.1, 0.15) is 23.3 Å². The number of likely N-dealkylation sites (tertiary alicyclic amines) is 1. The highest BCUT2D eigenvalue weighted by Crippen LogP contribution is 2.39. The molecule has 160 valence electrons. The first kappa shape index (κ1) is 21.6. The van der Waals surface area contributed by atoms with E-state index in [9.17, 15) is 14.7 Å². The van der Waals surface area contributed by atoms with Crippen molar-refractivity contribution in [2.24, 2.45) is 0 Å². The topological polar surface area (TPSA) is 83.2 Å². The van der Waals surface area contributed by atoms with Gasteiger partial charge in [0.2, 0.25) is 0 Å². The minimum atomic E-state index is -0.752. The van der Waals surface area contributed by atoms with Crippen LogP contribution in [0.3, 0.4) is 0 Å². The summed E-state index contributed by atoms with van der Waals surface area (Å²) in [7, 11) is 3.90.